The van der Waals surface area contributed by atoms with Crippen LogP contribution in [0.15, 0.2) is 48.5 Å². The van der Waals surface area contributed by atoms with Crippen LogP contribution in [0.2, 0.25) is 5.02 Å². The van der Waals surface area contributed by atoms with Gasteiger partial charge in [0.05, 0.1) is 17.8 Å². The van der Waals surface area contributed by atoms with Crippen molar-refractivity contribution in [2.45, 2.75) is 44.1 Å². The first-order valence-corrected chi connectivity index (χ1v) is 12.6. The van der Waals surface area contributed by atoms with Crippen molar-refractivity contribution in [1.29, 1.82) is 0 Å². The number of benzene rings is 2. The van der Waals surface area contributed by atoms with Crippen LogP contribution in [0.4, 0.5) is 17.6 Å². The fraction of sp³-hybridized carbons (Fsp3) is 0.321. The van der Waals surface area contributed by atoms with E-state index >= 15 is 0 Å². The zero-order chi connectivity index (χ0) is 29.2. The van der Waals surface area contributed by atoms with Gasteiger partial charge in [0.2, 0.25) is 5.60 Å². The molecule has 1 fully saturated rings. The number of aromatic nitrogens is 1. The van der Waals surface area contributed by atoms with Crippen molar-refractivity contribution in [1.82, 2.24) is 10.3 Å². The number of aliphatic hydroxyl groups is 1. The van der Waals surface area contributed by atoms with Crippen LogP contribution in [0.25, 0.3) is 11.3 Å². The minimum atomic E-state index is -5.19. The highest BCUT2D eigenvalue weighted by Gasteiger charge is 2.56. The van der Waals surface area contributed by atoms with Crippen molar-refractivity contribution in [2.24, 2.45) is 0 Å². The number of aryl methyl sites for hydroxylation is 1. The Morgan fingerprint density at radius 1 is 1.15 bits per heavy atom. The Hall–Kier alpha value is -3.70. The predicted octanol–water partition coefficient (Wildman–Crippen LogP) is 5.54. The summed E-state index contributed by atoms with van der Waals surface area (Å²) >= 11 is 6.20. The lowest BCUT2D eigenvalue weighted by Gasteiger charge is -2.30. The molecule has 2 heterocycles. The topological polar surface area (TPSA) is 97.8 Å². The minimum Gasteiger partial charge on any atom is -0.494 e. The Morgan fingerprint density at radius 3 is 2.48 bits per heavy atom. The number of ether oxygens (including phenoxy) is 2. The van der Waals surface area contributed by atoms with Gasteiger partial charge in [-0.2, -0.15) is 13.2 Å². The molecule has 1 saturated heterocycles. The van der Waals surface area contributed by atoms with Crippen molar-refractivity contribution < 1.29 is 41.7 Å². The third kappa shape index (κ3) is 5.90. The standard InChI is InChI=1S/C28H25ClF4N2O5/c1-15-13-17(3-5-19(15)30)25-22(39-2)7-8-24(35-25)27(38,28(31,32)33)11-9-20(36)16-4-6-21(18(29)14-16)40-23-10-12-34-26(23)37/h3-8,13-14,23,38H,9-12H2,1-2H3,(H,34,37)/t23-,27?/m1/s1. The minimum absolute atomic E-state index is 0.00270. The van der Waals surface area contributed by atoms with Crippen molar-refractivity contribution in [3.63, 3.8) is 0 Å². The molecule has 1 unspecified atom stereocenters. The number of hydrogen-bond acceptors (Lipinski definition) is 6. The third-order valence-electron chi connectivity index (χ3n) is 6.64. The summed E-state index contributed by atoms with van der Waals surface area (Å²) in [5.74, 6) is -1.25. The lowest BCUT2D eigenvalue weighted by atomic mass is 9.89. The summed E-state index contributed by atoms with van der Waals surface area (Å²) in [4.78, 5) is 28.6. The normalized spacial score (nSPS) is 16.8. The van der Waals surface area contributed by atoms with Gasteiger partial charge in [0.1, 0.15) is 23.0 Å². The summed E-state index contributed by atoms with van der Waals surface area (Å²) in [5, 5.41) is 13.5. The Labute approximate surface area is 232 Å². The highest BCUT2D eigenvalue weighted by molar-refractivity contribution is 6.32. The molecule has 1 aromatic heterocycles. The SMILES string of the molecule is COc1ccc(C(O)(CCC(=O)c2ccc(O[C@@H]3CCNC3=O)c(Cl)c2)C(F)(F)F)nc1-c1ccc(F)c(C)c1. The molecule has 2 aromatic carbocycles. The molecule has 1 amide bonds. The van der Waals surface area contributed by atoms with Gasteiger partial charge >= 0.3 is 6.18 Å². The van der Waals surface area contributed by atoms with Gasteiger partial charge in [-0.05, 0) is 67.4 Å². The fourth-order valence-corrected chi connectivity index (χ4v) is 4.53. The number of ketones is 1. The van der Waals surface area contributed by atoms with Crippen molar-refractivity contribution in [2.75, 3.05) is 13.7 Å². The van der Waals surface area contributed by atoms with Gasteiger partial charge in [0.15, 0.2) is 11.9 Å². The number of pyridine rings is 1. The number of rotatable bonds is 9. The predicted molar refractivity (Wildman–Crippen MR) is 138 cm³/mol. The molecule has 0 spiro atoms. The molecule has 3 aromatic rings. The van der Waals surface area contributed by atoms with Crippen LogP contribution in [0.3, 0.4) is 0 Å². The summed E-state index contributed by atoms with van der Waals surface area (Å²) in [7, 11) is 1.30. The van der Waals surface area contributed by atoms with Crippen LogP contribution in [0.5, 0.6) is 11.5 Å². The fourth-order valence-electron chi connectivity index (χ4n) is 4.30. The van der Waals surface area contributed by atoms with E-state index in [1.165, 1.54) is 50.4 Å². The second-order valence-electron chi connectivity index (χ2n) is 9.32. The first-order valence-electron chi connectivity index (χ1n) is 12.2. The molecule has 0 saturated carbocycles. The monoisotopic (exact) mass is 580 g/mol. The van der Waals surface area contributed by atoms with Crippen LogP contribution in [-0.2, 0) is 10.4 Å². The maximum absolute atomic E-state index is 14.3. The quantitative estimate of drug-likeness (QED) is 0.255. The maximum Gasteiger partial charge on any atom is 0.422 e. The van der Waals surface area contributed by atoms with E-state index in [0.717, 1.165) is 12.1 Å². The first kappa shape index (κ1) is 29.3. The van der Waals surface area contributed by atoms with Gasteiger partial charge in [0, 0.05) is 30.5 Å². The molecule has 2 N–H and O–H groups in total. The molecule has 212 valence electrons. The molecule has 4 rings (SSSR count). The van der Waals surface area contributed by atoms with Gasteiger partial charge in [0.25, 0.3) is 5.91 Å². The molecular weight excluding hydrogens is 556 g/mol. The van der Waals surface area contributed by atoms with Gasteiger partial charge in [-0.15, -0.1) is 0 Å². The number of Topliss-reactive ketones (excluding diaryl/α,β-unsaturated/α-hetero) is 1. The number of nitrogens with zero attached hydrogens (tertiary/aromatic N) is 1. The van der Waals surface area contributed by atoms with E-state index in [1.807, 2.05) is 0 Å². The summed E-state index contributed by atoms with van der Waals surface area (Å²) < 4.78 is 67.4. The number of carbonyl (C=O) groups is 2. The van der Waals surface area contributed by atoms with E-state index in [4.69, 9.17) is 21.1 Å². The molecule has 40 heavy (non-hydrogen) atoms. The molecule has 1 aliphatic heterocycles. The van der Waals surface area contributed by atoms with E-state index < -0.39 is 48.0 Å². The second kappa shape index (κ2) is 11.4. The van der Waals surface area contributed by atoms with Crippen molar-refractivity contribution in [3.8, 4) is 22.8 Å². The molecule has 0 radical (unpaired) electrons. The third-order valence-corrected chi connectivity index (χ3v) is 6.93. The van der Waals surface area contributed by atoms with Gasteiger partial charge in [-0.25, -0.2) is 9.37 Å². The highest BCUT2D eigenvalue weighted by atomic mass is 35.5. The lowest BCUT2D eigenvalue weighted by Crippen LogP contribution is -2.43. The van der Waals surface area contributed by atoms with Gasteiger partial charge < -0.3 is 19.9 Å². The Bertz CT molecular complexity index is 1450. The number of nitrogens with one attached hydrogen (secondary N) is 1. The van der Waals surface area contributed by atoms with Gasteiger partial charge in [-0.1, -0.05) is 11.6 Å². The smallest absolute Gasteiger partial charge is 0.422 e. The van der Waals surface area contributed by atoms with Crippen molar-refractivity contribution >= 4 is 23.3 Å². The molecule has 0 aliphatic carbocycles. The second-order valence-corrected chi connectivity index (χ2v) is 9.73. The van der Waals surface area contributed by atoms with Crippen LogP contribution in [0, 0.1) is 12.7 Å². The molecule has 12 heteroatoms. The molecule has 1 aliphatic rings. The molecular formula is C28H25ClF4N2O5. The van der Waals surface area contributed by atoms with Gasteiger partial charge in [-0.3, -0.25) is 9.59 Å². The largest absolute Gasteiger partial charge is 0.494 e. The zero-order valence-corrected chi connectivity index (χ0v) is 22.2. The number of amides is 1. The van der Waals surface area contributed by atoms with E-state index in [2.05, 4.69) is 10.3 Å². The molecule has 0 bridgehead atoms. The maximum atomic E-state index is 14.3. The first-order chi connectivity index (χ1) is 18.8. The average molecular weight is 581 g/mol. The Morgan fingerprint density at radius 2 is 1.88 bits per heavy atom. The van der Waals surface area contributed by atoms with E-state index in [9.17, 15) is 32.3 Å². The lowest BCUT2D eigenvalue weighted by molar-refractivity contribution is -0.270. The van der Waals surface area contributed by atoms with Crippen LogP contribution in [0.1, 0.15) is 40.9 Å². The Balaban J connectivity index is 1.58. The van der Waals surface area contributed by atoms with Crippen molar-refractivity contribution in [3.05, 3.63) is 76.2 Å². The molecule has 2 atom stereocenters. The van der Waals surface area contributed by atoms with Crippen LogP contribution < -0.4 is 14.8 Å². The number of hydrogen-bond donors (Lipinski definition) is 2. The zero-order valence-electron chi connectivity index (χ0n) is 21.4. The number of alkyl halides is 3. The molecule has 7 nitrogen and oxygen atoms in total. The summed E-state index contributed by atoms with van der Waals surface area (Å²) in [6.07, 6.45) is -7.22. The summed E-state index contributed by atoms with van der Waals surface area (Å²) in [6, 6.07) is 10.00. The number of halogens is 5. The Kier molecular flexibility index (Phi) is 8.36. The summed E-state index contributed by atoms with van der Waals surface area (Å²) in [5.41, 5.74) is -3.74. The van der Waals surface area contributed by atoms with E-state index in [0.29, 0.717) is 13.0 Å². The number of methoxy groups -OCH3 is 1. The summed E-state index contributed by atoms with van der Waals surface area (Å²) in [6.45, 7) is 1.94. The number of carbonyl (C=O) groups excluding carboxylic acids is 2. The highest BCUT2D eigenvalue weighted by Crippen LogP contribution is 2.44. The van der Waals surface area contributed by atoms with E-state index in [1.54, 1.807) is 0 Å². The van der Waals surface area contributed by atoms with E-state index in [-0.39, 0.29) is 44.8 Å². The van der Waals surface area contributed by atoms with Crippen LogP contribution >= 0.6 is 11.6 Å². The van der Waals surface area contributed by atoms with Crippen LogP contribution in [-0.4, -0.2) is 47.7 Å². The average Bonchev–Trinajstić information content (AvgIpc) is 3.32.